The monoisotopic (exact) mass is 373 g/mol. The van der Waals surface area contributed by atoms with Gasteiger partial charge in [0.25, 0.3) is 5.91 Å². The zero-order chi connectivity index (χ0) is 18.2. The van der Waals surface area contributed by atoms with E-state index in [1.54, 1.807) is 23.1 Å². The summed E-state index contributed by atoms with van der Waals surface area (Å²) in [5, 5.41) is 0.467. The normalized spacial score (nSPS) is 15.6. The lowest BCUT2D eigenvalue weighted by Gasteiger charge is -2.18. The van der Waals surface area contributed by atoms with Crippen molar-refractivity contribution in [2.24, 2.45) is 0 Å². The number of amides is 1. The third-order valence-electron chi connectivity index (χ3n) is 3.97. The van der Waals surface area contributed by atoms with Crippen LogP contribution in [0.1, 0.15) is 23.2 Å². The minimum absolute atomic E-state index is 0.0507. The van der Waals surface area contributed by atoms with Crippen LogP contribution in [0.5, 0.6) is 5.75 Å². The summed E-state index contributed by atoms with van der Waals surface area (Å²) in [6, 6.07) is 8.66. The predicted octanol–water partition coefficient (Wildman–Crippen LogP) is 3.30. The molecule has 25 heavy (non-hydrogen) atoms. The van der Waals surface area contributed by atoms with Gasteiger partial charge in [-0.25, -0.2) is 0 Å². The maximum atomic E-state index is 12.7. The first-order valence-corrected chi connectivity index (χ1v) is 8.93. The molecule has 0 atom stereocenters. The van der Waals surface area contributed by atoms with Crippen LogP contribution in [0.25, 0.3) is 10.8 Å². The molecule has 1 aliphatic rings. The smallest absolute Gasteiger partial charge is 0.375 e. The van der Waals surface area contributed by atoms with Crippen molar-refractivity contribution in [1.29, 1.82) is 0 Å². The molecule has 0 saturated carbocycles. The van der Waals surface area contributed by atoms with Gasteiger partial charge in [-0.1, -0.05) is 24.3 Å². The molecule has 0 spiro atoms. The van der Waals surface area contributed by atoms with Crippen LogP contribution >= 0.6 is 0 Å². The van der Waals surface area contributed by atoms with Crippen molar-refractivity contribution in [2.75, 3.05) is 13.1 Å². The number of fused-ring (bicyclic) bond motifs is 1. The summed E-state index contributed by atoms with van der Waals surface area (Å²) < 4.78 is 64.9. The van der Waals surface area contributed by atoms with Gasteiger partial charge in [0.15, 0.2) is 5.75 Å². The number of nitrogens with zero attached hydrogens (tertiary/aromatic N) is 1. The summed E-state index contributed by atoms with van der Waals surface area (Å²) in [7, 11) is -5.83. The Morgan fingerprint density at radius 2 is 1.64 bits per heavy atom. The van der Waals surface area contributed by atoms with Gasteiger partial charge in [-0.3, -0.25) is 4.79 Å². The molecular weight excluding hydrogens is 359 g/mol. The highest BCUT2D eigenvalue weighted by atomic mass is 32.2. The minimum atomic E-state index is -5.83. The number of carbonyl (C=O) groups is 1. The lowest BCUT2D eigenvalue weighted by Crippen LogP contribution is -2.29. The Morgan fingerprint density at radius 3 is 2.24 bits per heavy atom. The average Bonchev–Trinajstić information content (AvgIpc) is 3.07. The van der Waals surface area contributed by atoms with E-state index in [0.717, 1.165) is 18.9 Å². The van der Waals surface area contributed by atoms with E-state index in [9.17, 15) is 26.4 Å². The molecule has 1 fully saturated rings. The highest BCUT2D eigenvalue weighted by Gasteiger charge is 2.48. The van der Waals surface area contributed by atoms with Crippen LogP contribution in [-0.4, -0.2) is 37.8 Å². The predicted molar refractivity (Wildman–Crippen MR) is 84.7 cm³/mol. The molecular formula is C16H14F3NO4S. The lowest BCUT2D eigenvalue weighted by molar-refractivity contribution is -0.0499. The van der Waals surface area contributed by atoms with Crippen LogP contribution in [0.15, 0.2) is 36.4 Å². The first-order valence-electron chi connectivity index (χ1n) is 7.52. The van der Waals surface area contributed by atoms with E-state index in [1.807, 2.05) is 0 Å². The fourth-order valence-corrected chi connectivity index (χ4v) is 3.28. The van der Waals surface area contributed by atoms with Crippen LogP contribution in [0.2, 0.25) is 0 Å². The van der Waals surface area contributed by atoms with E-state index in [1.165, 1.54) is 12.1 Å². The van der Waals surface area contributed by atoms with Crippen LogP contribution in [-0.2, 0) is 10.1 Å². The molecule has 0 radical (unpaired) electrons. The zero-order valence-corrected chi connectivity index (χ0v) is 13.7. The number of rotatable bonds is 3. The van der Waals surface area contributed by atoms with E-state index < -0.39 is 21.4 Å². The van der Waals surface area contributed by atoms with Gasteiger partial charge in [-0.15, -0.1) is 0 Å². The van der Waals surface area contributed by atoms with Gasteiger partial charge in [0.05, 0.1) is 5.56 Å². The molecule has 0 aromatic heterocycles. The molecule has 1 aliphatic heterocycles. The van der Waals surface area contributed by atoms with Crippen molar-refractivity contribution in [3.05, 3.63) is 42.0 Å². The molecule has 0 N–H and O–H groups in total. The molecule has 0 bridgehead atoms. The molecule has 1 amide bonds. The van der Waals surface area contributed by atoms with Crippen molar-refractivity contribution in [2.45, 2.75) is 18.3 Å². The summed E-state index contributed by atoms with van der Waals surface area (Å²) in [5.41, 5.74) is -5.43. The number of hydrogen-bond acceptors (Lipinski definition) is 4. The Morgan fingerprint density at radius 1 is 1.04 bits per heavy atom. The minimum Gasteiger partial charge on any atom is -0.375 e. The number of carbonyl (C=O) groups excluding carboxylic acids is 1. The van der Waals surface area contributed by atoms with Crippen molar-refractivity contribution in [3.8, 4) is 5.75 Å². The van der Waals surface area contributed by atoms with Crippen LogP contribution in [0, 0.1) is 0 Å². The van der Waals surface area contributed by atoms with E-state index >= 15 is 0 Å². The van der Waals surface area contributed by atoms with Gasteiger partial charge in [0, 0.05) is 18.5 Å². The van der Waals surface area contributed by atoms with Crippen LogP contribution in [0.4, 0.5) is 13.2 Å². The quantitative estimate of drug-likeness (QED) is 0.612. The van der Waals surface area contributed by atoms with Crippen molar-refractivity contribution in [3.63, 3.8) is 0 Å². The summed E-state index contributed by atoms with van der Waals surface area (Å²) in [6.45, 7) is 1.11. The third-order valence-corrected chi connectivity index (χ3v) is 4.94. The second-order valence-electron chi connectivity index (χ2n) is 5.64. The standard InChI is InChI=1S/C16H14F3NO4S/c17-16(18,19)25(22,23)24-13-8-4-6-11-5-3-7-12(14(11)13)15(21)20-9-1-2-10-20/h3-8H,1-2,9-10H2. The molecule has 3 rings (SSSR count). The number of halogens is 3. The van der Waals surface area contributed by atoms with Gasteiger partial charge in [-0.05, 0) is 30.4 Å². The van der Waals surface area contributed by atoms with Crippen molar-refractivity contribution < 1.29 is 30.6 Å². The topological polar surface area (TPSA) is 63.7 Å². The Bertz CT molecular complexity index is 913. The highest BCUT2D eigenvalue weighted by Crippen LogP contribution is 2.34. The second kappa shape index (κ2) is 6.21. The van der Waals surface area contributed by atoms with E-state index in [2.05, 4.69) is 4.18 Å². The van der Waals surface area contributed by atoms with Gasteiger partial charge in [0.2, 0.25) is 0 Å². The number of likely N-dealkylation sites (tertiary alicyclic amines) is 1. The largest absolute Gasteiger partial charge is 0.534 e. The Balaban J connectivity index is 2.12. The summed E-state index contributed by atoms with van der Waals surface area (Å²) in [5.74, 6) is -0.874. The van der Waals surface area contributed by atoms with Crippen LogP contribution in [0.3, 0.4) is 0 Å². The molecule has 134 valence electrons. The van der Waals surface area contributed by atoms with E-state index in [4.69, 9.17) is 0 Å². The fraction of sp³-hybridized carbons (Fsp3) is 0.312. The number of hydrogen-bond donors (Lipinski definition) is 0. The average molecular weight is 373 g/mol. The van der Waals surface area contributed by atoms with E-state index in [-0.39, 0.29) is 16.9 Å². The lowest BCUT2D eigenvalue weighted by atomic mass is 10.0. The Labute approximate surface area is 142 Å². The van der Waals surface area contributed by atoms with Gasteiger partial charge in [-0.2, -0.15) is 21.6 Å². The van der Waals surface area contributed by atoms with Crippen molar-refractivity contribution >= 4 is 26.8 Å². The summed E-state index contributed by atoms with van der Waals surface area (Å²) in [4.78, 5) is 14.3. The first kappa shape index (κ1) is 17.5. The summed E-state index contributed by atoms with van der Waals surface area (Å²) >= 11 is 0. The zero-order valence-electron chi connectivity index (χ0n) is 12.9. The maximum Gasteiger partial charge on any atom is 0.534 e. The SMILES string of the molecule is O=C(c1cccc2cccc(OS(=O)(=O)C(F)(F)F)c12)N1CCCC1. The Hall–Kier alpha value is -2.29. The molecule has 2 aromatic carbocycles. The Kier molecular flexibility index (Phi) is 4.36. The molecule has 1 saturated heterocycles. The maximum absolute atomic E-state index is 12.7. The summed E-state index contributed by atoms with van der Waals surface area (Å²) in [6.07, 6.45) is 1.70. The van der Waals surface area contributed by atoms with E-state index in [0.29, 0.717) is 18.5 Å². The molecule has 0 aliphatic carbocycles. The van der Waals surface area contributed by atoms with Crippen LogP contribution < -0.4 is 4.18 Å². The molecule has 1 heterocycles. The van der Waals surface area contributed by atoms with Gasteiger partial charge in [0.1, 0.15) is 0 Å². The fourth-order valence-electron chi connectivity index (χ4n) is 2.81. The van der Waals surface area contributed by atoms with Gasteiger partial charge < -0.3 is 9.08 Å². The van der Waals surface area contributed by atoms with Gasteiger partial charge >= 0.3 is 15.6 Å². The first-order chi connectivity index (χ1) is 11.7. The molecule has 9 heteroatoms. The molecule has 5 nitrogen and oxygen atoms in total. The molecule has 0 unspecified atom stereocenters. The third kappa shape index (κ3) is 3.28. The number of alkyl halides is 3. The molecule has 2 aromatic rings. The number of benzene rings is 2. The highest BCUT2D eigenvalue weighted by molar-refractivity contribution is 7.88. The second-order valence-corrected chi connectivity index (χ2v) is 7.18. The van der Waals surface area contributed by atoms with Crippen molar-refractivity contribution in [1.82, 2.24) is 4.90 Å².